The third kappa shape index (κ3) is 5.22. The molecule has 0 aliphatic carbocycles. The molecule has 0 amide bonds. The predicted molar refractivity (Wildman–Crippen MR) is 196 cm³/mol. The van der Waals surface area contributed by atoms with Crippen molar-refractivity contribution < 1.29 is 0 Å². The Morgan fingerprint density at radius 2 is 0.957 bits per heavy atom. The Morgan fingerprint density at radius 1 is 0.370 bits per heavy atom. The molecule has 0 aliphatic rings. The number of hydrogen-bond acceptors (Lipinski definition) is 1. The molecule has 0 spiro atoms. The molecule has 0 bridgehead atoms. The van der Waals surface area contributed by atoms with Crippen LogP contribution in [0, 0.1) is 0 Å². The van der Waals surface area contributed by atoms with E-state index in [1.54, 1.807) is 6.07 Å². The first-order chi connectivity index (χ1) is 22.6. The van der Waals surface area contributed by atoms with Crippen LogP contribution in [0.3, 0.4) is 0 Å². The van der Waals surface area contributed by atoms with Crippen LogP contribution in [0.15, 0.2) is 170 Å². The molecule has 7 aromatic carbocycles. The Hall–Kier alpha value is -5.28. The minimum atomic E-state index is 0.612. The maximum absolute atomic E-state index is 6.42. The highest BCUT2D eigenvalue weighted by molar-refractivity contribution is 6.35. The molecule has 0 unspecified atom stereocenters. The van der Waals surface area contributed by atoms with Crippen LogP contribution in [0.2, 0.25) is 10.0 Å². The van der Waals surface area contributed by atoms with Crippen molar-refractivity contribution >= 4 is 62.1 Å². The van der Waals surface area contributed by atoms with Gasteiger partial charge in [-0.1, -0.05) is 120 Å². The average molecular weight is 632 g/mol. The maximum atomic E-state index is 6.42. The summed E-state index contributed by atoms with van der Waals surface area (Å²) in [4.78, 5) is 2.32. The van der Waals surface area contributed by atoms with Crippen LogP contribution in [0.4, 0.5) is 17.1 Å². The van der Waals surface area contributed by atoms with Crippen molar-refractivity contribution in [3.05, 3.63) is 180 Å². The van der Waals surface area contributed by atoms with Gasteiger partial charge in [-0.2, -0.15) is 0 Å². The van der Waals surface area contributed by atoms with Crippen LogP contribution in [0.25, 0.3) is 49.7 Å². The van der Waals surface area contributed by atoms with E-state index in [1.807, 2.05) is 18.2 Å². The van der Waals surface area contributed by atoms with Crippen LogP contribution in [-0.4, -0.2) is 4.57 Å². The van der Waals surface area contributed by atoms with Gasteiger partial charge in [-0.05, 0) is 95.1 Å². The molecule has 8 rings (SSSR count). The maximum Gasteiger partial charge on any atom is 0.0561 e. The van der Waals surface area contributed by atoms with E-state index in [0.717, 1.165) is 39.4 Å². The Bertz CT molecular complexity index is 2310. The topological polar surface area (TPSA) is 8.17 Å². The molecule has 1 heterocycles. The highest BCUT2D eigenvalue weighted by Crippen LogP contribution is 2.41. The zero-order chi connectivity index (χ0) is 31.0. The minimum absolute atomic E-state index is 0.612. The molecule has 8 aromatic rings. The van der Waals surface area contributed by atoms with Gasteiger partial charge in [-0.15, -0.1) is 0 Å². The van der Waals surface area contributed by atoms with Crippen molar-refractivity contribution in [2.24, 2.45) is 0 Å². The van der Waals surface area contributed by atoms with E-state index >= 15 is 0 Å². The fraction of sp³-hybridized carbons (Fsp3) is 0. The second kappa shape index (κ2) is 11.9. The van der Waals surface area contributed by atoms with Gasteiger partial charge in [0.1, 0.15) is 0 Å². The Morgan fingerprint density at radius 3 is 1.72 bits per heavy atom. The molecule has 0 N–H and O–H groups in total. The summed E-state index contributed by atoms with van der Waals surface area (Å²) in [5.41, 5.74) is 11.0. The third-order valence-electron chi connectivity index (χ3n) is 8.46. The summed E-state index contributed by atoms with van der Waals surface area (Å²) >= 11 is 12.8. The second-order valence-corrected chi connectivity index (χ2v) is 12.2. The van der Waals surface area contributed by atoms with E-state index < -0.39 is 0 Å². The van der Waals surface area contributed by atoms with E-state index in [-0.39, 0.29) is 0 Å². The molecule has 0 atom stereocenters. The Balaban J connectivity index is 1.33. The molecule has 0 saturated heterocycles. The number of rotatable bonds is 6. The van der Waals surface area contributed by atoms with Crippen molar-refractivity contribution in [1.82, 2.24) is 4.57 Å². The second-order valence-electron chi connectivity index (χ2n) is 11.3. The van der Waals surface area contributed by atoms with E-state index in [2.05, 4.69) is 155 Å². The minimum Gasteiger partial charge on any atom is -0.310 e. The summed E-state index contributed by atoms with van der Waals surface area (Å²) in [6, 6.07) is 59.4. The summed E-state index contributed by atoms with van der Waals surface area (Å²) in [6.07, 6.45) is 0. The Labute approximate surface area is 278 Å². The van der Waals surface area contributed by atoms with Crippen LogP contribution >= 0.6 is 23.2 Å². The van der Waals surface area contributed by atoms with Crippen LogP contribution in [-0.2, 0) is 0 Å². The van der Waals surface area contributed by atoms with Crippen LogP contribution < -0.4 is 4.90 Å². The molecule has 0 fully saturated rings. The van der Waals surface area contributed by atoms with Crippen molar-refractivity contribution in [2.75, 3.05) is 4.90 Å². The number of benzene rings is 7. The highest BCUT2D eigenvalue weighted by Gasteiger charge is 2.18. The number of aromatic nitrogens is 1. The van der Waals surface area contributed by atoms with Gasteiger partial charge in [-0.3, -0.25) is 0 Å². The van der Waals surface area contributed by atoms with Crippen molar-refractivity contribution in [2.45, 2.75) is 0 Å². The smallest absolute Gasteiger partial charge is 0.0561 e. The zero-order valence-electron chi connectivity index (χ0n) is 24.8. The average Bonchev–Trinajstić information content (AvgIpc) is 3.43. The first-order valence-corrected chi connectivity index (χ1v) is 16.0. The van der Waals surface area contributed by atoms with Gasteiger partial charge in [0.2, 0.25) is 0 Å². The summed E-state index contributed by atoms with van der Waals surface area (Å²) in [5.74, 6) is 0. The lowest BCUT2D eigenvalue weighted by Gasteiger charge is -2.26. The summed E-state index contributed by atoms with van der Waals surface area (Å²) < 4.78 is 2.36. The van der Waals surface area contributed by atoms with E-state index in [4.69, 9.17) is 23.2 Å². The number of para-hydroxylation sites is 2. The highest BCUT2D eigenvalue weighted by atomic mass is 35.5. The largest absolute Gasteiger partial charge is 0.310 e. The first-order valence-electron chi connectivity index (χ1n) is 15.2. The molecule has 0 radical (unpaired) electrons. The van der Waals surface area contributed by atoms with Crippen LogP contribution in [0.1, 0.15) is 0 Å². The number of nitrogens with zero attached hydrogens (tertiary/aromatic N) is 2. The molecule has 46 heavy (non-hydrogen) atoms. The summed E-state index contributed by atoms with van der Waals surface area (Å²) in [6.45, 7) is 0. The first kappa shape index (κ1) is 28.2. The summed E-state index contributed by atoms with van der Waals surface area (Å²) in [7, 11) is 0. The predicted octanol–water partition coefficient (Wildman–Crippen LogP) is 12.9. The molecular formula is C42H28Cl2N2. The standard InChI is InChI=1S/C42H28Cl2N2/c43-33-24-32(25-34(44)27-33)31-12-9-15-37(26-31)45(36-20-18-30(19-21-36)29-10-3-1-4-11-29)38-22-23-40-39-16-7-8-17-41(39)46(42(40)28-38)35-13-5-2-6-14-35/h1-28H. The van der Waals surface area contributed by atoms with Gasteiger partial charge >= 0.3 is 0 Å². The monoisotopic (exact) mass is 630 g/mol. The molecule has 2 nitrogen and oxygen atoms in total. The number of fused-ring (bicyclic) bond motifs is 3. The molecule has 220 valence electrons. The van der Waals surface area contributed by atoms with E-state index in [1.165, 1.54) is 27.4 Å². The lowest BCUT2D eigenvalue weighted by Crippen LogP contribution is -2.10. The van der Waals surface area contributed by atoms with Gasteiger partial charge in [0.05, 0.1) is 11.0 Å². The number of hydrogen-bond donors (Lipinski definition) is 0. The van der Waals surface area contributed by atoms with Gasteiger partial charge in [0, 0.05) is 43.6 Å². The van der Waals surface area contributed by atoms with E-state index in [0.29, 0.717) is 10.0 Å². The van der Waals surface area contributed by atoms with Gasteiger partial charge in [0.15, 0.2) is 0 Å². The molecule has 4 heteroatoms. The zero-order valence-corrected chi connectivity index (χ0v) is 26.3. The SMILES string of the molecule is Clc1cc(Cl)cc(-c2cccc(N(c3ccc(-c4ccccc4)cc3)c3ccc4c5ccccc5n(-c5ccccc5)c4c3)c2)c1. The third-order valence-corrected chi connectivity index (χ3v) is 8.90. The molecule has 0 aliphatic heterocycles. The van der Waals surface area contributed by atoms with Gasteiger partial charge in [-0.25, -0.2) is 0 Å². The molecule has 1 aromatic heterocycles. The lowest BCUT2D eigenvalue weighted by molar-refractivity contribution is 1.18. The van der Waals surface area contributed by atoms with Crippen molar-refractivity contribution in [1.29, 1.82) is 0 Å². The number of anilines is 3. The van der Waals surface area contributed by atoms with Crippen molar-refractivity contribution in [3.8, 4) is 27.9 Å². The van der Waals surface area contributed by atoms with Crippen LogP contribution in [0.5, 0.6) is 0 Å². The van der Waals surface area contributed by atoms with Gasteiger partial charge < -0.3 is 9.47 Å². The number of halogens is 2. The molecule has 0 saturated carbocycles. The van der Waals surface area contributed by atoms with E-state index in [9.17, 15) is 0 Å². The van der Waals surface area contributed by atoms with Gasteiger partial charge in [0.25, 0.3) is 0 Å². The quantitative estimate of drug-likeness (QED) is 0.177. The lowest BCUT2D eigenvalue weighted by atomic mass is 10.0. The normalized spacial score (nSPS) is 11.3. The fourth-order valence-electron chi connectivity index (χ4n) is 6.38. The fourth-order valence-corrected chi connectivity index (χ4v) is 6.91. The summed E-state index contributed by atoms with van der Waals surface area (Å²) in [5, 5.41) is 3.66. The Kier molecular flexibility index (Phi) is 7.30. The van der Waals surface area contributed by atoms with Crippen molar-refractivity contribution in [3.63, 3.8) is 0 Å². The molecular weight excluding hydrogens is 603 g/mol.